The van der Waals surface area contributed by atoms with Gasteiger partial charge in [0.05, 0.1) is 10.8 Å². The Hall–Kier alpha value is -1.33. The van der Waals surface area contributed by atoms with Crippen molar-refractivity contribution in [3.8, 4) is 0 Å². The van der Waals surface area contributed by atoms with Gasteiger partial charge >= 0.3 is 0 Å². The molecule has 0 radical (unpaired) electrons. The minimum Gasteiger partial charge on any atom is -0.362 e. The summed E-state index contributed by atoms with van der Waals surface area (Å²) in [5.74, 6) is 0. The standard InChI is InChI=1S/C12H16N4S2/c13-7-1-2-8-14-12(18)16-11-5-3-10(4-6-11)15-9-17/h3-6H,1-2,7-8,13H2,(H2,14,16,18). The molecule has 6 heteroatoms. The Morgan fingerprint density at radius 2 is 2.00 bits per heavy atom. The minimum atomic E-state index is 0.609. The van der Waals surface area contributed by atoms with Crippen molar-refractivity contribution in [3.63, 3.8) is 0 Å². The molecule has 0 saturated heterocycles. The van der Waals surface area contributed by atoms with Crippen LogP contribution in [0.5, 0.6) is 0 Å². The summed E-state index contributed by atoms with van der Waals surface area (Å²) in [5.41, 5.74) is 7.10. The van der Waals surface area contributed by atoms with E-state index in [9.17, 15) is 0 Å². The summed E-state index contributed by atoms with van der Waals surface area (Å²) in [4.78, 5) is 3.87. The molecule has 1 aromatic rings. The molecule has 0 amide bonds. The summed E-state index contributed by atoms with van der Waals surface area (Å²) < 4.78 is 0. The van der Waals surface area contributed by atoms with Crippen LogP contribution in [-0.2, 0) is 0 Å². The molecule has 0 heterocycles. The molecule has 1 aromatic carbocycles. The van der Waals surface area contributed by atoms with Gasteiger partial charge in [-0.05, 0) is 68.1 Å². The molecule has 0 spiro atoms. The number of nitrogens with zero attached hydrogens (tertiary/aromatic N) is 1. The second kappa shape index (κ2) is 8.72. The van der Waals surface area contributed by atoms with E-state index in [4.69, 9.17) is 18.0 Å². The molecule has 0 bridgehead atoms. The Morgan fingerprint density at radius 3 is 2.61 bits per heavy atom. The fraction of sp³-hybridized carbons (Fsp3) is 0.333. The quantitative estimate of drug-likeness (QED) is 0.424. The fourth-order valence-electron chi connectivity index (χ4n) is 1.32. The average molecular weight is 280 g/mol. The first-order chi connectivity index (χ1) is 8.76. The highest BCUT2D eigenvalue weighted by molar-refractivity contribution is 7.80. The predicted octanol–water partition coefficient (Wildman–Crippen LogP) is 2.45. The van der Waals surface area contributed by atoms with Crippen LogP contribution < -0.4 is 16.4 Å². The Balaban J connectivity index is 2.37. The number of benzene rings is 1. The highest BCUT2D eigenvalue weighted by Crippen LogP contribution is 2.15. The van der Waals surface area contributed by atoms with Crippen molar-refractivity contribution >= 4 is 46.1 Å². The first-order valence-electron chi connectivity index (χ1n) is 5.69. The molecule has 18 heavy (non-hydrogen) atoms. The number of nitrogens with one attached hydrogen (secondary N) is 2. The van der Waals surface area contributed by atoms with Gasteiger partial charge in [0.15, 0.2) is 5.11 Å². The van der Waals surface area contributed by atoms with Crippen LogP contribution in [-0.4, -0.2) is 23.4 Å². The van der Waals surface area contributed by atoms with E-state index >= 15 is 0 Å². The Morgan fingerprint density at radius 1 is 1.28 bits per heavy atom. The van der Waals surface area contributed by atoms with Gasteiger partial charge in [-0.25, -0.2) is 0 Å². The van der Waals surface area contributed by atoms with Crippen molar-refractivity contribution in [1.29, 1.82) is 0 Å². The lowest BCUT2D eigenvalue weighted by atomic mass is 10.3. The second-order valence-corrected chi connectivity index (χ2v) is 4.22. The molecule has 0 aliphatic rings. The van der Waals surface area contributed by atoms with E-state index < -0.39 is 0 Å². The van der Waals surface area contributed by atoms with Crippen molar-refractivity contribution in [3.05, 3.63) is 24.3 Å². The highest BCUT2D eigenvalue weighted by atomic mass is 32.1. The molecular weight excluding hydrogens is 264 g/mol. The van der Waals surface area contributed by atoms with Crippen molar-refractivity contribution in [2.45, 2.75) is 12.8 Å². The van der Waals surface area contributed by atoms with Crippen molar-refractivity contribution in [1.82, 2.24) is 5.32 Å². The van der Waals surface area contributed by atoms with E-state index in [0.29, 0.717) is 11.7 Å². The minimum absolute atomic E-state index is 0.609. The molecule has 4 N–H and O–H groups in total. The summed E-state index contributed by atoms with van der Waals surface area (Å²) in [6.45, 7) is 1.54. The Labute approximate surface area is 118 Å². The lowest BCUT2D eigenvalue weighted by Gasteiger charge is -2.10. The molecule has 0 aliphatic heterocycles. The molecular formula is C12H16N4S2. The van der Waals surface area contributed by atoms with Gasteiger partial charge in [-0.2, -0.15) is 4.99 Å². The zero-order chi connectivity index (χ0) is 13.2. The Bertz CT molecular complexity index is 424. The summed E-state index contributed by atoms with van der Waals surface area (Å²) >= 11 is 9.70. The van der Waals surface area contributed by atoms with E-state index in [1.807, 2.05) is 24.3 Å². The molecule has 0 aromatic heterocycles. The van der Waals surface area contributed by atoms with Crippen LogP contribution in [0.2, 0.25) is 0 Å². The molecule has 0 saturated carbocycles. The monoisotopic (exact) mass is 280 g/mol. The lowest BCUT2D eigenvalue weighted by molar-refractivity contribution is 0.720. The zero-order valence-electron chi connectivity index (χ0n) is 9.98. The molecule has 0 unspecified atom stereocenters. The van der Waals surface area contributed by atoms with Gasteiger partial charge in [0.25, 0.3) is 0 Å². The second-order valence-electron chi connectivity index (χ2n) is 3.63. The number of hydrogen-bond donors (Lipinski definition) is 3. The number of hydrogen-bond acceptors (Lipinski definition) is 4. The third kappa shape index (κ3) is 5.84. The molecule has 4 nitrogen and oxygen atoms in total. The maximum Gasteiger partial charge on any atom is 0.170 e. The number of thiocarbonyl (C=S) groups is 2. The van der Waals surface area contributed by atoms with Gasteiger partial charge in [0.2, 0.25) is 0 Å². The summed E-state index contributed by atoms with van der Waals surface area (Å²) in [5, 5.41) is 9.14. The Kier molecular flexibility index (Phi) is 7.13. The van der Waals surface area contributed by atoms with E-state index in [2.05, 4.69) is 33.0 Å². The number of anilines is 1. The first-order valence-corrected chi connectivity index (χ1v) is 6.51. The van der Waals surface area contributed by atoms with Crippen LogP contribution in [0.25, 0.3) is 0 Å². The van der Waals surface area contributed by atoms with Crippen LogP contribution >= 0.6 is 24.4 Å². The van der Waals surface area contributed by atoms with E-state index in [1.54, 1.807) is 0 Å². The number of unbranched alkanes of at least 4 members (excludes halogenated alkanes) is 1. The molecule has 0 aliphatic carbocycles. The molecule has 0 fully saturated rings. The molecule has 0 atom stereocenters. The maximum absolute atomic E-state index is 5.41. The third-order valence-corrected chi connectivity index (χ3v) is 2.55. The molecule has 96 valence electrons. The normalized spacial score (nSPS) is 9.39. The number of nitrogens with two attached hydrogens (primary N) is 1. The molecule has 1 rings (SSSR count). The third-order valence-electron chi connectivity index (χ3n) is 2.22. The van der Waals surface area contributed by atoms with Gasteiger partial charge in [0.1, 0.15) is 0 Å². The zero-order valence-corrected chi connectivity index (χ0v) is 11.6. The largest absolute Gasteiger partial charge is 0.362 e. The van der Waals surface area contributed by atoms with E-state index in [1.165, 1.54) is 0 Å². The van der Waals surface area contributed by atoms with Gasteiger partial charge in [0, 0.05) is 12.2 Å². The van der Waals surface area contributed by atoms with Crippen LogP contribution in [0.1, 0.15) is 12.8 Å². The van der Waals surface area contributed by atoms with E-state index in [0.717, 1.165) is 30.8 Å². The van der Waals surface area contributed by atoms with Crippen LogP contribution in [0.3, 0.4) is 0 Å². The number of rotatable bonds is 6. The summed E-state index contributed by atoms with van der Waals surface area (Å²) in [6.07, 6.45) is 2.01. The van der Waals surface area contributed by atoms with Gasteiger partial charge in [-0.3, -0.25) is 0 Å². The van der Waals surface area contributed by atoms with Gasteiger partial charge in [-0.1, -0.05) is 0 Å². The summed E-state index contributed by atoms with van der Waals surface area (Å²) in [6, 6.07) is 7.47. The number of aliphatic imine (C=N–C) groups is 1. The highest BCUT2D eigenvalue weighted by Gasteiger charge is 1.97. The fourth-order valence-corrected chi connectivity index (χ4v) is 1.64. The predicted molar refractivity (Wildman–Crippen MR) is 83.6 cm³/mol. The first kappa shape index (κ1) is 14.7. The van der Waals surface area contributed by atoms with Crippen LogP contribution in [0.4, 0.5) is 11.4 Å². The van der Waals surface area contributed by atoms with Crippen LogP contribution in [0, 0.1) is 0 Å². The lowest BCUT2D eigenvalue weighted by Crippen LogP contribution is -2.29. The van der Waals surface area contributed by atoms with Crippen LogP contribution in [0.15, 0.2) is 29.3 Å². The topological polar surface area (TPSA) is 62.4 Å². The van der Waals surface area contributed by atoms with Crippen molar-refractivity contribution in [2.75, 3.05) is 18.4 Å². The average Bonchev–Trinajstić information content (AvgIpc) is 2.37. The maximum atomic E-state index is 5.41. The van der Waals surface area contributed by atoms with Crippen molar-refractivity contribution < 1.29 is 0 Å². The van der Waals surface area contributed by atoms with Crippen molar-refractivity contribution in [2.24, 2.45) is 10.7 Å². The summed E-state index contributed by atoms with van der Waals surface area (Å²) in [7, 11) is 0. The number of isothiocyanates is 1. The van der Waals surface area contributed by atoms with Gasteiger partial charge in [-0.15, -0.1) is 0 Å². The van der Waals surface area contributed by atoms with Gasteiger partial charge < -0.3 is 16.4 Å². The van der Waals surface area contributed by atoms with E-state index in [-0.39, 0.29) is 0 Å². The smallest absolute Gasteiger partial charge is 0.170 e. The SMILES string of the molecule is NCCCCNC(=S)Nc1ccc(N=C=S)cc1.